The number of benzene rings is 2. The molecule has 1 saturated heterocycles. The van der Waals surface area contributed by atoms with Crippen molar-refractivity contribution in [2.24, 2.45) is 5.92 Å². The highest BCUT2D eigenvalue weighted by atomic mass is 32.2. The molecule has 3 rings (SSSR count). The Hall–Kier alpha value is -2.22. The van der Waals surface area contributed by atoms with Crippen LogP contribution in [0, 0.1) is 12.8 Å². The highest BCUT2D eigenvalue weighted by Gasteiger charge is 2.49. The van der Waals surface area contributed by atoms with Crippen LogP contribution >= 0.6 is 0 Å². The summed E-state index contributed by atoms with van der Waals surface area (Å²) in [4.78, 5) is 15.2. The van der Waals surface area contributed by atoms with Gasteiger partial charge in [0.15, 0.2) is 21.4 Å². The average molecular weight is 418 g/mol. The summed E-state index contributed by atoms with van der Waals surface area (Å²) in [7, 11) is -0.993. The monoisotopic (exact) mass is 417 g/mol. The van der Waals surface area contributed by atoms with Crippen molar-refractivity contribution < 1.29 is 22.7 Å². The van der Waals surface area contributed by atoms with Crippen molar-refractivity contribution in [1.82, 2.24) is 4.90 Å². The minimum atomic E-state index is -3.92. The summed E-state index contributed by atoms with van der Waals surface area (Å²) < 4.78 is 37.7. The Morgan fingerprint density at radius 1 is 1.03 bits per heavy atom. The Morgan fingerprint density at radius 2 is 1.66 bits per heavy atom. The molecule has 0 spiro atoms. The van der Waals surface area contributed by atoms with E-state index in [1.165, 1.54) is 14.2 Å². The maximum Gasteiger partial charge on any atom is 0.242 e. The minimum absolute atomic E-state index is 0.138. The van der Waals surface area contributed by atoms with Gasteiger partial charge in [-0.2, -0.15) is 0 Å². The first-order chi connectivity index (χ1) is 13.9. The van der Waals surface area contributed by atoms with Crippen molar-refractivity contribution in [2.45, 2.75) is 36.3 Å². The molecule has 2 atom stereocenters. The van der Waals surface area contributed by atoms with Crippen LogP contribution in [0.1, 0.15) is 17.5 Å². The number of likely N-dealkylation sites (tertiary alicyclic amines) is 1. The molecule has 1 aliphatic heterocycles. The topological polar surface area (TPSA) is 72.9 Å². The predicted molar refractivity (Wildman–Crippen MR) is 110 cm³/mol. The van der Waals surface area contributed by atoms with Gasteiger partial charge in [-0.3, -0.25) is 4.79 Å². The van der Waals surface area contributed by atoms with Gasteiger partial charge in [0.1, 0.15) is 0 Å². The van der Waals surface area contributed by atoms with E-state index < -0.39 is 33.2 Å². The molecular weight excluding hydrogens is 390 g/mol. The van der Waals surface area contributed by atoms with E-state index in [-0.39, 0.29) is 4.90 Å². The standard InChI is InChI=1S/C22H27NO5S/c1-16-9-11-18(12-10-16)29(25,26)20-19(22(27-2)28-3)13-14-23(21(20)24)15-17-7-5-4-6-8-17/h4-12,19-20,22H,13-15H2,1-3H3. The SMILES string of the molecule is COC(OC)C1CCN(Cc2ccccc2)C(=O)C1S(=O)(=O)c1ccc(C)cc1. The van der Waals surface area contributed by atoms with Gasteiger partial charge in [-0.15, -0.1) is 0 Å². The van der Waals surface area contributed by atoms with E-state index in [2.05, 4.69) is 0 Å². The van der Waals surface area contributed by atoms with Gasteiger partial charge in [0.2, 0.25) is 5.91 Å². The molecule has 6 nitrogen and oxygen atoms in total. The number of ether oxygens (including phenoxy) is 2. The Morgan fingerprint density at radius 3 is 2.24 bits per heavy atom. The molecule has 2 aromatic rings. The van der Waals surface area contributed by atoms with E-state index in [1.807, 2.05) is 37.3 Å². The van der Waals surface area contributed by atoms with Crippen LogP contribution in [0.4, 0.5) is 0 Å². The molecule has 1 fully saturated rings. The van der Waals surface area contributed by atoms with Crippen LogP contribution in [0.15, 0.2) is 59.5 Å². The summed E-state index contributed by atoms with van der Waals surface area (Å²) in [5.41, 5.74) is 1.91. The predicted octanol–water partition coefficient (Wildman–Crippen LogP) is 2.80. The summed E-state index contributed by atoms with van der Waals surface area (Å²) >= 11 is 0. The van der Waals surface area contributed by atoms with E-state index in [0.717, 1.165) is 11.1 Å². The van der Waals surface area contributed by atoms with Crippen molar-refractivity contribution in [3.8, 4) is 0 Å². The number of hydrogen-bond donors (Lipinski definition) is 0. The number of amides is 1. The largest absolute Gasteiger partial charge is 0.356 e. The zero-order valence-corrected chi connectivity index (χ0v) is 17.8. The lowest BCUT2D eigenvalue weighted by molar-refractivity contribution is -0.160. The number of hydrogen-bond acceptors (Lipinski definition) is 5. The van der Waals surface area contributed by atoms with Crippen molar-refractivity contribution in [1.29, 1.82) is 0 Å². The molecule has 1 aliphatic rings. The first-order valence-electron chi connectivity index (χ1n) is 9.57. The van der Waals surface area contributed by atoms with Crippen molar-refractivity contribution in [2.75, 3.05) is 20.8 Å². The quantitative estimate of drug-likeness (QED) is 0.648. The smallest absolute Gasteiger partial charge is 0.242 e. The second-order valence-electron chi connectivity index (χ2n) is 7.32. The third-order valence-corrected chi connectivity index (χ3v) is 7.54. The van der Waals surface area contributed by atoms with Gasteiger partial charge >= 0.3 is 0 Å². The number of aryl methyl sites for hydroxylation is 1. The summed E-state index contributed by atoms with van der Waals surface area (Å²) in [6, 6.07) is 16.1. The van der Waals surface area contributed by atoms with Gasteiger partial charge in [0.25, 0.3) is 0 Å². The third kappa shape index (κ3) is 4.52. The van der Waals surface area contributed by atoms with E-state index in [0.29, 0.717) is 19.5 Å². The molecule has 0 bridgehead atoms. The lowest BCUT2D eigenvalue weighted by Crippen LogP contribution is -2.55. The second kappa shape index (κ2) is 9.07. The fourth-order valence-electron chi connectivity index (χ4n) is 3.85. The van der Waals surface area contributed by atoms with Crippen LogP contribution in [-0.2, 0) is 30.7 Å². The number of piperidine rings is 1. The number of rotatable bonds is 7. The molecule has 0 aliphatic carbocycles. The maximum atomic E-state index is 13.5. The molecule has 2 aromatic carbocycles. The fraction of sp³-hybridized carbons (Fsp3) is 0.409. The Labute approximate surface area is 172 Å². The Bertz CT molecular complexity index is 923. The normalized spacial score (nSPS) is 20.3. The molecule has 156 valence electrons. The maximum absolute atomic E-state index is 13.5. The van der Waals surface area contributed by atoms with Crippen LogP contribution in [0.3, 0.4) is 0 Å². The Balaban J connectivity index is 1.98. The van der Waals surface area contributed by atoms with E-state index in [4.69, 9.17) is 9.47 Å². The Kier molecular flexibility index (Phi) is 6.72. The molecule has 0 saturated carbocycles. The van der Waals surface area contributed by atoms with E-state index in [1.54, 1.807) is 29.2 Å². The zero-order valence-electron chi connectivity index (χ0n) is 16.9. The number of carbonyl (C=O) groups is 1. The first-order valence-corrected chi connectivity index (χ1v) is 11.1. The summed E-state index contributed by atoms with van der Waals surface area (Å²) in [6.45, 7) is 2.71. The van der Waals surface area contributed by atoms with Crippen LogP contribution < -0.4 is 0 Å². The van der Waals surface area contributed by atoms with Gasteiger partial charge in [-0.05, 0) is 31.0 Å². The summed E-state index contributed by atoms with van der Waals surface area (Å²) in [6.07, 6.45) is -0.302. The molecule has 29 heavy (non-hydrogen) atoms. The van der Waals surface area contributed by atoms with Gasteiger partial charge in [-0.25, -0.2) is 8.42 Å². The lowest BCUT2D eigenvalue weighted by Gasteiger charge is -2.39. The molecule has 2 unspecified atom stereocenters. The summed E-state index contributed by atoms with van der Waals surface area (Å²) in [5, 5.41) is -1.26. The average Bonchev–Trinajstić information content (AvgIpc) is 2.72. The van der Waals surface area contributed by atoms with E-state index >= 15 is 0 Å². The van der Waals surface area contributed by atoms with Crippen LogP contribution in [0.5, 0.6) is 0 Å². The molecule has 0 radical (unpaired) electrons. The van der Waals surface area contributed by atoms with Crippen molar-refractivity contribution in [3.63, 3.8) is 0 Å². The zero-order chi connectivity index (χ0) is 21.0. The number of nitrogens with zero attached hydrogens (tertiary/aromatic N) is 1. The van der Waals surface area contributed by atoms with Gasteiger partial charge in [-0.1, -0.05) is 48.0 Å². The van der Waals surface area contributed by atoms with Gasteiger partial charge in [0, 0.05) is 33.2 Å². The molecule has 0 aromatic heterocycles. The number of methoxy groups -OCH3 is 2. The summed E-state index contributed by atoms with van der Waals surface area (Å²) in [5.74, 6) is -0.999. The molecule has 1 heterocycles. The number of sulfone groups is 1. The van der Waals surface area contributed by atoms with Crippen LogP contribution in [0.25, 0.3) is 0 Å². The second-order valence-corrected chi connectivity index (χ2v) is 9.39. The minimum Gasteiger partial charge on any atom is -0.356 e. The van der Waals surface area contributed by atoms with Crippen LogP contribution in [0.2, 0.25) is 0 Å². The molecule has 0 N–H and O–H groups in total. The van der Waals surface area contributed by atoms with Gasteiger partial charge in [0.05, 0.1) is 4.90 Å². The van der Waals surface area contributed by atoms with Crippen LogP contribution in [-0.4, -0.2) is 51.5 Å². The fourth-order valence-corrected chi connectivity index (χ4v) is 5.80. The lowest BCUT2D eigenvalue weighted by atomic mass is 9.94. The van der Waals surface area contributed by atoms with Gasteiger partial charge < -0.3 is 14.4 Å². The highest BCUT2D eigenvalue weighted by Crippen LogP contribution is 2.33. The van der Waals surface area contributed by atoms with E-state index in [9.17, 15) is 13.2 Å². The van der Waals surface area contributed by atoms with Crippen molar-refractivity contribution in [3.05, 3.63) is 65.7 Å². The molecule has 7 heteroatoms. The number of carbonyl (C=O) groups excluding carboxylic acids is 1. The third-order valence-electron chi connectivity index (χ3n) is 5.39. The molecule has 1 amide bonds. The molecular formula is C22H27NO5S. The van der Waals surface area contributed by atoms with Crippen molar-refractivity contribution >= 4 is 15.7 Å². The first kappa shape index (κ1) is 21.5. The highest BCUT2D eigenvalue weighted by molar-refractivity contribution is 7.92.